The summed E-state index contributed by atoms with van der Waals surface area (Å²) >= 11 is 0. The topological polar surface area (TPSA) is 29.5 Å². The Kier molecular flexibility index (Phi) is 39.8. The van der Waals surface area contributed by atoms with E-state index in [1.165, 1.54) is 12.2 Å². The molecule has 0 N–H and O–H groups in total. The number of carbonyl (C=O) groups is 1. The first-order valence-corrected chi connectivity index (χ1v) is 60.8. The van der Waals surface area contributed by atoms with Crippen LogP contribution < -0.4 is 0 Å². The summed E-state index contributed by atoms with van der Waals surface area (Å²) in [5.41, 5.74) is 0. The maximum Gasteiger partial charge on any atom is 0.248 e. The Hall–Kier alpha value is 11.5. The molecule has 31 heteroatoms. The number of hydroxylamine groups is 2. The average molecular weight is 1070 g/mol. The normalized spacial score (nSPS) is 15.9. The molecule has 0 saturated heterocycles. The Morgan fingerprint density at radius 1 is 0.600 bits per heavy atom. The van der Waals surface area contributed by atoms with Crippen LogP contribution in [0.1, 0.15) is 27.2 Å². The van der Waals surface area contributed by atoms with Gasteiger partial charge in [-0.2, -0.15) is 0 Å². The van der Waals surface area contributed by atoms with E-state index in [2.05, 4.69) is 148 Å². The van der Waals surface area contributed by atoms with E-state index < -0.39 is 0 Å². The first kappa shape index (κ1) is 53.6. The highest BCUT2D eigenvalue weighted by Crippen LogP contribution is 3.37. The number of carbonyl (C=O) groups excluding carboxylic acids is 1. The quantitative estimate of drug-likeness (QED) is 0.114. The molecule has 0 aliphatic carbocycles. The minimum absolute atomic E-state index is 0.00189. The monoisotopic (exact) mass is 1070 g/mol. The summed E-state index contributed by atoms with van der Waals surface area (Å²) in [5.74, 6) is 0.502. The predicted molar refractivity (Wildman–Crippen MR) is 284 cm³/mol. The van der Waals surface area contributed by atoms with Gasteiger partial charge in [-0.1, -0.05) is 27.2 Å². The summed E-state index contributed by atoms with van der Waals surface area (Å²) in [6.07, 6.45) is 1.02. The minimum atomic E-state index is -0.0421. The van der Waals surface area contributed by atoms with Crippen LogP contribution in [-0.2, 0) is 9.63 Å². The van der Waals surface area contributed by atoms with Crippen LogP contribution in [0.2, 0.25) is 0 Å². The molecule has 0 bridgehead atoms. The molecule has 0 aromatic rings. The molecule has 19 atom stereocenters. The van der Waals surface area contributed by atoms with Crippen molar-refractivity contribution in [2.75, 3.05) is 14.2 Å². The van der Waals surface area contributed by atoms with Crippen molar-refractivity contribution in [2.45, 2.75) is 27.2 Å². The third-order valence-electron chi connectivity index (χ3n) is 4.77. The molecule has 0 rings (SSSR count). The Labute approximate surface area is 295 Å². The molecule has 0 aliphatic rings. The Morgan fingerprint density at radius 3 is 1.12 bits per heavy atom. The summed E-state index contributed by atoms with van der Waals surface area (Å²) < 4.78 is 0. The fourth-order valence-electron chi connectivity index (χ4n) is 2.43. The lowest BCUT2D eigenvalue weighted by Gasteiger charge is -2.51. The second-order valence-electron chi connectivity index (χ2n) is 7.51. The predicted octanol–water partition coefficient (Wildman–Crippen LogP) is 17.8. The fraction of sp³-hybridized carbons (Fsp3) is 0.889. The van der Waals surface area contributed by atoms with Gasteiger partial charge >= 0.3 is 0 Å². The standard InChI is InChI=1S/C9H19NO2.H30P28/c1-6-7(2)8(3)9(11)10(4)12-5;1-16(2)23(15)27(24(17(3)4)18(5)6)28(25(19(7)8)20(9)10)26(21(11)12)22(13)14/h7-8H,6H2,1-5H3;1-15H2/t7-,8+;/m0./s1. The summed E-state index contributed by atoms with van der Waals surface area (Å²) in [6.45, 7) is 6.09. The van der Waals surface area contributed by atoms with Crippen LogP contribution in [-0.4, -0.2) is 25.1 Å². The highest BCUT2D eigenvalue weighted by atomic mass is 33.5. The van der Waals surface area contributed by atoms with E-state index in [9.17, 15) is 4.79 Å². The largest absolute Gasteiger partial charge is 0.275 e. The van der Waals surface area contributed by atoms with Gasteiger partial charge in [0.15, 0.2) is 0 Å². The van der Waals surface area contributed by atoms with Gasteiger partial charge in [0.05, 0.1) is 7.11 Å². The molecule has 242 valence electrons. The van der Waals surface area contributed by atoms with E-state index in [1.54, 1.807) is 7.05 Å². The van der Waals surface area contributed by atoms with E-state index in [0.717, 1.165) is 6.42 Å². The van der Waals surface area contributed by atoms with Gasteiger partial charge in [0.1, 0.15) is 0 Å². The molecule has 0 radical (unpaired) electrons. The molecule has 0 aromatic heterocycles. The second-order valence-corrected chi connectivity index (χ2v) is 120. The van der Waals surface area contributed by atoms with E-state index in [-0.39, 0.29) is 103 Å². The molecule has 0 spiro atoms. The van der Waals surface area contributed by atoms with Gasteiger partial charge in [0.2, 0.25) is 5.91 Å². The molecule has 40 heavy (non-hydrogen) atoms. The van der Waals surface area contributed by atoms with Crippen LogP contribution in [0.15, 0.2) is 0 Å². The molecule has 3 nitrogen and oxygen atoms in total. The lowest BCUT2D eigenvalue weighted by atomic mass is 9.93. The zero-order valence-corrected chi connectivity index (χ0v) is 52.0. The van der Waals surface area contributed by atoms with Crippen LogP contribution in [0.25, 0.3) is 0 Å². The SMILES string of the molecule is CC[C@H](C)[C@@H](C)C(=O)N(C)OC.PP(P)P(P)P(P(P(P)P)P(P)P)P(P(P(P)P)P(P)P)P(P(P)P)P(P)P. The van der Waals surface area contributed by atoms with Crippen LogP contribution in [0, 0.1) is 11.8 Å². The number of hydrogen-bond donors (Lipinski definition) is 0. The van der Waals surface area contributed by atoms with Crippen molar-refractivity contribution < 1.29 is 9.63 Å². The third-order valence-corrected chi connectivity index (χ3v) is 189. The maximum absolute atomic E-state index is 11.5. The molecule has 0 heterocycles. The zero-order valence-electron chi connectivity index (χ0n) is 23.1. The van der Waals surface area contributed by atoms with E-state index in [0.29, 0.717) is 5.92 Å². The summed E-state index contributed by atoms with van der Waals surface area (Å²) in [6, 6.07) is 0. The first-order valence-electron chi connectivity index (χ1n) is 10.6. The highest BCUT2D eigenvalue weighted by molar-refractivity contribution is 9.42. The molecule has 1 amide bonds. The van der Waals surface area contributed by atoms with Crippen LogP contribution in [0.4, 0.5) is 0 Å². The molecule has 0 aromatic carbocycles. The molecular weight excluding hydrogens is 1020 g/mol. The van der Waals surface area contributed by atoms with Gasteiger partial charge < -0.3 is 0 Å². The van der Waals surface area contributed by atoms with Crippen LogP contribution in [0.5, 0.6) is 0 Å². The van der Waals surface area contributed by atoms with E-state index in [4.69, 9.17) is 4.84 Å². The molecule has 17 unspecified atom stereocenters. The highest BCUT2D eigenvalue weighted by Gasteiger charge is 2.49. The Morgan fingerprint density at radius 2 is 0.900 bits per heavy atom. The summed E-state index contributed by atoms with van der Waals surface area (Å²) in [5, 5.41) is 1.29. The van der Waals surface area contributed by atoms with Crippen LogP contribution >= 0.6 is 225 Å². The Balaban J connectivity index is 0. The third kappa shape index (κ3) is 20.4. The number of amides is 1. The number of rotatable bonds is 16. The maximum atomic E-state index is 11.5. The van der Waals surface area contributed by atoms with Crippen molar-refractivity contribution in [3.63, 3.8) is 0 Å². The fourth-order valence-corrected chi connectivity index (χ4v) is 354. The van der Waals surface area contributed by atoms with Crippen LogP contribution in [0.3, 0.4) is 0 Å². The van der Waals surface area contributed by atoms with Crippen molar-refractivity contribution in [1.82, 2.24) is 5.06 Å². The molecule has 0 fully saturated rings. The smallest absolute Gasteiger partial charge is 0.248 e. The van der Waals surface area contributed by atoms with Gasteiger partial charge in [-0.25, -0.2) is 5.06 Å². The van der Waals surface area contributed by atoms with Gasteiger partial charge in [-0.3, -0.25) is 9.63 Å². The first-order chi connectivity index (χ1) is 18.2. The molecule has 0 aliphatic heterocycles. The zero-order chi connectivity index (χ0) is 32.2. The van der Waals surface area contributed by atoms with E-state index >= 15 is 0 Å². The Bertz CT molecular complexity index is 636. The van der Waals surface area contributed by atoms with E-state index in [1.807, 2.05) is 6.92 Å². The second kappa shape index (κ2) is 29.7. The van der Waals surface area contributed by atoms with Crippen molar-refractivity contribution in [1.29, 1.82) is 0 Å². The number of hydrogen-bond acceptors (Lipinski definition) is 2. The van der Waals surface area contributed by atoms with Crippen molar-refractivity contribution in [3.05, 3.63) is 0 Å². The van der Waals surface area contributed by atoms with Gasteiger partial charge in [0.25, 0.3) is 0 Å². The van der Waals surface area contributed by atoms with Gasteiger partial charge in [-0.05, 0) is 96.8 Å². The molecular formula is C9H49NO2P28. The lowest BCUT2D eigenvalue weighted by molar-refractivity contribution is -0.174. The summed E-state index contributed by atoms with van der Waals surface area (Å²) in [4.78, 5) is 16.3. The van der Waals surface area contributed by atoms with Crippen molar-refractivity contribution in [2.24, 2.45) is 11.8 Å². The minimum Gasteiger partial charge on any atom is -0.275 e. The summed E-state index contributed by atoms with van der Waals surface area (Å²) in [7, 11) is 52.1. The average Bonchev–Trinajstić information content (AvgIpc) is 2.83. The molecule has 0 saturated carbocycles. The van der Waals surface area contributed by atoms with Crippen molar-refractivity contribution in [3.8, 4) is 0 Å². The van der Waals surface area contributed by atoms with Crippen molar-refractivity contribution >= 4 is 231 Å². The lowest BCUT2D eigenvalue weighted by Crippen LogP contribution is -2.33. The van der Waals surface area contributed by atoms with Gasteiger partial charge in [-0.15, -0.1) is 134 Å². The number of nitrogens with zero attached hydrogens (tertiary/aromatic N) is 1. The van der Waals surface area contributed by atoms with Gasteiger partial charge in [0, 0.05) is 13.0 Å².